The van der Waals surface area contributed by atoms with Gasteiger partial charge in [0.25, 0.3) is 5.56 Å². The highest BCUT2D eigenvalue weighted by atomic mass is 16.2. The maximum Gasteiger partial charge on any atom is 0.291 e. The maximum atomic E-state index is 13.5. The van der Waals surface area contributed by atoms with Crippen molar-refractivity contribution in [2.75, 3.05) is 0 Å². The van der Waals surface area contributed by atoms with Gasteiger partial charge in [-0.1, -0.05) is 72.8 Å². The second-order valence-corrected chi connectivity index (χ2v) is 8.16. The Hall–Kier alpha value is -4.19. The molecule has 0 unspecified atom stereocenters. The molecule has 0 spiro atoms. The van der Waals surface area contributed by atoms with Gasteiger partial charge in [0.2, 0.25) is 5.91 Å². The first kappa shape index (κ1) is 20.7. The zero-order chi connectivity index (χ0) is 22.8. The SMILES string of the molecule is Cc1ccccc1Cn1c2ccccc2c2cnn(CC(=O)NCc3ccccc3)c(=O)c21. The van der Waals surface area contributed by atoms with Crippen molar-refractivity contribution in [3.05, 3.63) is 112 Å². The molecular weight excluding hydrogens is 412 g/mol. The molecule has 164 valence electrons. The smallest absolute Gasteiger partial charge is 0.291 e. The summed E-state index contributed by atoms with van der Waals surface area (Å²) >= 11 is 0. The van der Waals surface area contributed by atoms with E-state index in [1.807, 2.05) is 71.3 Å². The monoisotopic (exact) mass is 436 g/mol. The summed E-state index contributed by atoms with van der Waals surface area (Å²) in [6.07, 6.45) is 1.69. The number of aryl methyl sites for hydroxylation is 1. The van der Waals surface area contributed by atoms with E-state index in [1.54, 1.807) is 6.20 Å². The van der Waals surface area contributed by atoms with Crippen LogP contribution in [-0.2, 0) is 24.4 Å². The predicted octanol–water partition coefficient (Wildman–Crippen LogP) is 4.02. The minimum atomic E-state index is -0.271. The first-order valence-corrected chi connectivity index (χ1v) is 10.9. The number of benzene rings is 3. The Bertz CT molecular complexity index is 1520. The zero-order valence-corrected chi connectivity index (χ0v) is 18.4. The fourth-order valence-corrected chi connectivity index (χ4v) is 4.22. The molecule has 0 bridgehead atoms. The molecule has 2 heterocycles. The predicted molar refractivity (Wildman–Crippen MR) is 130 cm³/mol. The molecule has 0 saturated heterocycles. The minimum absolute atomic E-state index is 0.131. The highest BCUT2D eigenvalue weighted by molar-refractivity contribution is 6.07. The van der Waals surface area contributed by atoms with Crippen LogP contribution >= 0.6 is 0 Å². The lowest BCUT2D eigenvalue weighted by Crippen LogP contribution is -2.33. The number of nitrogens with zero attached hydrogens (tertiary/aromatic N) is 3. The first-order valence-electron chi connectivity index (χ1n) is 10.9. The van der Waals surface area contributed by atoms with E-state index >= 15 is 0 Å². The van der Waals surface area contributed by atoms with Crippen LogP contribution in [0.25, 0.3) is 21.8 Å². The van der Waals surface area contributed by atoms with Gasteiger partial charge in [-0.3, -0.25) is 9.59 Å². The summed E-state index contributed by atoms with van der Waals surface area (Å²) in [5.41, 5.74) is 4.57. The summed E-state index contributed by atoms with van der Waals surface area (Å²) in [5, 5.41) is 8.96. The molecule has 3 aromatic carbocycles. The van der Waals surface area contributed by atoms with Crippen molar-refractivity contribution < 1.29 is 4.79 Å². The van der Waals surface area contributed by atoms with Gasteiger partial charge in [-0.05, 0) is 29.7 Å². The number of hydrogen-bond donors (Lipinski definition) is 1. The number of amides is 1. The maximum absolute atomic E-state index is 13.5. The molecule has 33 heavy (non-hydrogen) atoms. The third-order valence-corrected chi connectivity index (χ3v) is 5.99. The van der Waals surface area contributed by atoms with Gasteiger partial charge in [-0.25, -0.2) is 4.68 Å². The minimum Gasteiger partial charge on any atom is -0.350 e. The quantitative estimate of drug-likeness (QED) is 0.437. The van der Waals surface area contributed by atoms with E-state index in [0.717, 1.165) is 33.0 Å². The highest BCUT2D eigenvalue weighted by Gasteiger charge is 2.17. The Kier molecular flexibility index (Phi) is 5.48. The Morgan fingerprint density at radius 2 is 1.64 bits per heavy atom. The van der Waals surface area contributed by atoms with E-state index in [0.29, 0.717) is 18.6 Å². The molecule has 6 heteroatoms. The van der Waals surface area contributed by atoms with Crippen LogP contribution in [0.4, 0.5) is 0 Å². The summed E-state index contributed by atoms with van der Waals surface area (Å²) in [6, 6.07) is 25.8. The number of carbonyl (C=O) groups is 1. The number of rotatable bonds is 6. The number of fused-ring (bicyclic) bond motifs is 3. The summed E-state index contributed by atoms with van der Waals surface area (Å²) < 4.78 is 3.28. The van der Waals surface area contributed by atoms with Gasteiger partial charge < -0.3 is 9.88 Å². The van der Waals surface area contributed by atoms with Gasteiger partial charge in [0.15, 0.2) is 0 Å². The first-order chi connectivity index (χ1) is 16.1. The van der Waals surface area contributed by atoms with E-state index in [1.165, 1.54) is 4.68 Å². The molecule has 0 atom stereocenters. The fraction of sp³-hybridized carbons (Fsp3) is 0.148. The largest absolute Gasteiger partial charge is 0.350 e. The van der Waals surface area contributed by atoms with Gasteiger partial charge >= 0.3 is 0 Å². The molecule has 1 amide bonds. The molecule has 5 aromatic rings. The van der Waals surface area contributed by atoms with Crippen molar-refractivity contribution >= 4 is 27.7 Å². The van der Waals surface area contributed by atoms with Gasteiger partial charge in [0.05, 0.1) is 6.20 Å². The molecule has 0 aliphatic rings. The molecule has 6 nitrogen and oxygen atoms in total. The summed E-state index contributed by atoms with van der Waals surface area (Å²) in [4.78, 5) is 26.1. The number of hydrogen-bond acceptors (Lipinski definition) is 3. The molecule has 2 aromatic heterocycles. The second-order valence-electron chi connectivity index (χ2n) is 8.16. The Morgan fingerprint density at radius 3 is 2.45 bits per heavy atom. The van der Waals surface area contributed by atoms with Crippen LogP contribution in [0.1, 0.15) is 16.7 Å². The van der Waals surface area contributed by atoms with E-state index in [4.69, 9.17) is 0 Å². The number of carbonyl (C=O) groups excluding carboxylic acids is 1. The fourth-order valence-electron chi connectivity index (χ4n) is 4.22. The highest BCUT2D eigenvalue weighted by Crippen LogP contribution is 2.27. The normalized spacial score (nSPS) is 11.2. The molecule has 0 aliphatic carbocycles. The molecule has 0 aliphatic heterocycles. The van der Waals surface area contributed by atoms with E-state index in [2.05, 4.69) is 29.5 Å². The topological polar surface area (TPSA) is 68.9 Å². The number of nitrogens with one attached hydrogen (secondary N) is 1. The van der Waals surface area contributed by atoms with E-state index < -0.39 is 0 Å². The molecule has 1 N–H and O–H groups in total. The Morgan fingerprint density at radius 1 is 0.909 bits per heavy atom. The lowest BCUT2D eigenvalue weighted by molar-refractivity contribution is -0.122. The third kappa shape index (κ3) is 4.03. The molecule has 0 fully saturated rings. The van der Waals surface area contributed by atoms with Crippen molar-refractivity contribution in [2.45, 2.75) is 26.6 Å². The van der Waals surface area contributed by atoms with Gasteiger partial charge in [0, 0.05) is 29.4 Å². The van der Waals surface area contributed by atoms with Crippen LogP contribution in [0.2, 0.25) is 0 Å². The zero-order valence-electron chi connectivity index (χ0n) is 18.4. The molecule has 5 rings (SSSR count). The van der Waals surface area contributed by atoms with Crippen molar-refractivity contribution in [1.29, 1.82) is 0 Å². The van der Waals surface area contributed by atoms with E-state index in [-0.39, 0.29) is 18.0 Å². The number of aromatic nitrogens is 3. The van der Waals surface area contributed by atoms with Gasteiger partial charge in [-0.2, -0.15) is 5.10 Å². The average molecular weight is 437 g/mol. The second kappa shape index (κ2) is 8.74. The Balaban J connectivity index is 1.52. The number of para-hydroxylation sites is 1. The summed E-state index contributed by atoms with van der Waals surface area (Å²) in [7, 11) is 0. The summed E-state index contributed by atoms with van der Waals surface area (Å²) in [6.45, 7) is 2.91. The van der Waals surface area contributed by atoms with Crippen LogP contribution in [0.15, 0.2) is 89.9 Å². The molecular formula is C27H24N4O2. The van der Waals surface area contributed by atoms with E-state index in [9.17, 15) is 9.59 Å². The standard InChI is InChI=1S/C27H24N4O2/c1-19-9-5-6-12-21(19)17-30-24-14-8-7-13-22(24)23-16-29-31(27(33)26(23)30)18-25(32)28-15-20-10-3-2-4-11-20/h2-14,16H,15,17-18H2,1H3,(H,28,32). The van der Waals surface area contributed by atoms with Gasteiger partial charge in [0.1, 0.15) is 12.1 Å². The third-order valence-electron chi connectivity index (χ3n) is 5.99. The van der Waals surface area contributed by atoms with Gasteiger partial charge in [-0.15, -0.1) is 0 Å². The van der Waals surface area contributed by atoms with Crippen molar-refractivity contribution in [3.63, 3.8) is 0 Å². The van der Waals surface area contributed by atoms with Crippen molar-refractivity contribution in [1.82, 2.24) is 19.7 Å². The molecule has 0 radical (unpaired) electrons. The Labute approximate surface area is 191 Å². The van der Waals surface area contributed by atoms with Crippen molar-refractivity contribution in [2.24, 2.45) is 0 Å². The van der Waals surface area contributed by atoms with Crippen LogP contribution in [0.3, 0.4) is 0 Å². The van der Waals surface area contributed by atoms with Crippen LogP contribution < -0.4 is 10.9 Å². The van der Waals surface area contributed by atoms with Crippen LogP contribution in [0.5, 0.6) is 0 Å². The van der Waals surface area contributed by atoms with Crippen LogP contribution in [-0.4, -0.2) is 20.3 Å². The lowest BCUT2D eigenvalue weighted by Gasteiger charge is -2.11. The lowest BCUT2D eigenvalue weighted by atomic mass is 10.1. The summed E-state index contributed by atoms with van der Waals surface area (Å²) in [5.74, 6) is -0.255. The molecule has 0 saturated carbocycles. The van der Waals surface area contributed by atoms with Crippen molar-refractivity contribution in [3.8, 4) is 0 Å². The average Bonchev–Trinajstić information content (AvgIpc) is 3.16. The van der Waals surface area contributed by atoms with Crippen LogP contribution in [0, 0.1) is 6.92 Å².